The molecule has 1 amide bonds. The first-order valence-corrected chi connectivity index (χ1v) is 8.68. The van der Waals surface area contributed by atoms with E-state index in [4.69, 9.17) is 5.26 Å². The van der Waals surface area contributed by atoms with Crippen LogP contribution in [-0.2, 0) is 4.79 Å². The molecular weight excluding hydrogens is 314 g/mol. The van der Waals surface area contributed by atoms with Gasteiger partial charge in [0, 0.05) is 41.9 Å². The lowest BCUT2D eigenvalue weighted by atomic mass is 9.92. The first kappa shape index (κ1) is 15.7. The number of pyridine rings is 1. The molecule has 2 atom stereocenters. The number of carbonyl (C=O) groups excluding carboxylic acids is 1. The molecular formula is C19H21N5O. The molecule has 3 aromatic heterocycles. The van der Waals surface area contributed by atoms with Crippen LogP contribution in [0.3, 0.4) is 0 Å². The van der Waals surface area contributed by atoms with Crippen LogP contribution in [0.15, 0.2) is 24.5 Å². The maximum atomic E-state index is 12.2. The number of amides is 1. The zero-order chi connectivity index (χ0) is 17.6. The molecule has 4 rings (SSSR count). The number of rotatable bonds is 2. The van der Waals surface area contributed by atoms with E-state index in [1.165, 1.54) is 11.2 Å². The smallest absolute Gasteiger partial charge is 0.236 e. The summed E-state index contributed by atoms with van der Waals surface area (Å²) in [6.07, 6.45) is 4.72. The molecule has 0 aliphatic carbocycles. The van der Waals surface area contributed by atoms with Gasteiger partial charge in [0.05, 0.1) is 17.6 Å². The summed E-state index contributed by atoms with van der Waals surface area (Å²) in [5.74, 6) is 0.393. The van der Waals surface area contributed by atoms with E-state index in [9.17, 15) is 4.79 Å². The van der Waals surface area contributed by atoms with Gasteiger partial charge in [0.2, 0.25) is 5.91 Å². The molecule has 0 saturated carbocycles. The molecule has 4 heterocycles. The third-order valence-corrected chi connectivity index (χ3v) is 5.41. The summed E-state index contributed by atoms with van der Waals surface area (Å²) in [5.41, 5.74) is 3.24. The Bertz CT molecular complexity index is 992. The van der Waals surface area contributed by atoms with Crippen LogP contribution in [0.25, 0.3) is 21.9 Å². The summed E-state index contributed by atoms with van der Waals surface area (Å²) in [6.45, 7) is 5.75. The number of aryl methyl sites for hydroxylation is 1. The van der Waals surface area contributed by atoms with Crippen LogP contribution in [0.4, 0.5) is 0 Å². The maximum Gasteiger partial charge on any atom is 0.236 e. The van der Waals surface area contributed by atoms with Crippen LogP contribution in [0.5, 0.6) is 0 Å². The first-order chi connectivity index (χ1) is 12.1. The Balaban J connectivity index is 1.82. The third kappa shape index (κ3) is 2.47. The van der Waals surface area contributed by atoms with Gasteiger partial charge in [-0.1, -0.05) is 6.92 Å². The highest BCUT2D eigenvalue weighted by atomic mass is 16.2. The van der Waals surface area contributed by atoms with Gasteiger partial charge in [0.25, 0.3) is 0 Å². The number of H-pyrrole nitrogens is 1. The number of likely N-dealkylation sites (tertiary alicyclic amines) is 1. The lowest BCUT2D eigenvalue weighted by Crippen LogP contribution is -2.44. The summed E-state index contributed by atoms with van der Waals surface area (Å²) in [7, 11) is 0. The van der Waals surface area contributed by atoms with Crippen molar-refractivity contribution in [1.29, 1.82) is 5.26 Å². The molecule has 2 unspecified atom stereocenters. The minimum atomic E-state index is -0.0676. The lowest BCUT2D eigenvalue weighted by Gasteiger charge is -2.38. The molecule has 6 nitrogen and oxygen atoms in total. The molecule has 0 spiro atoms. The average Bonchev–Trinajstić information content (AvgIpc) is 3.18. The summed E-state index contributed by atoms with van der Waals surface area (Å²) >= 11 is 0. The van der Waals surface area contributed by atoms with Crippen LogP contribution < -0.4 is 0 Å². The molecule has 0 aromatic carbocycles. The van der Waals surface area contributed by atoms with Gasteiger partial charge < -0.3 is 14.5 Å². The minimum Gasteiger partial charge on any atom is -0.346 e. The van der Waals surface area contributed by atoms with Crippen molar-refractivity contribution in [3.8, 4) is 6.07 Å². The molecule has 1 fully saturated rings. The van der Waals surface area contributed by atoms with Crippen LogP contribution in [0.1, 0.15) is 31.5 Å². The van der Waals surface area contributed by atoms with Crippen LogP contribution in [0, 0.1) is 24.2 Å². The fourth-order valence-electron chi connectivity index (χ4n) is 4.07. The van der Waals surface area contributed by atoms with Gasteiger partial charge in [-0.25, -0.2) is 4.98 Å². The highest BCUT2D eigenvalue weighted by molar-refractivity contribution is 6.03. The number of aromatic nitrogens is 3. The Kier molecular flexibility index (Phi) is 3.72. The second kappa shape index (κ2) is 5.92. The molecule has 1 aliphatic rings. The van der Waals surface area contributed by atoms with Gasteiger partial charge in [-0.3, -0.25) is 4.79 Å². The summed E-state index contributed by atoms with van der Waals surface area (Å²) in [5, 5.41) is 11.1. The van der Waals surface area contributed by atoms with E-state index in [2.05, 4.69) is 40.5 Å². The zero-order valence-corrected chi connectivity index (χ0v) is 14.5. The average molecular weight is 335 g/mol. The predicted molar refractivity (Wildman–Crippen MR) is 96.0 cm³/mol. The molecule has 6 heteroatoms. The third-order valence-electron chi connectivity index (χ3n) is 5.41. The van der Waals surface area contributed by atoms with Crippen molar-refractivity contribution in [2.24, 2.45) is 5.92 Å². The maximum absolute atomic E-state index is 12.2. The normalized spacial score (nSPS) is 20.9. The monoisotopic (exact) mass is 335 g/mol. The highest BCUT2D eigenvalue weighted by Crippen LogP contribution is 2.35. The molecule has 3 aromatic rings. The van der Waals surface area contributed by atoms with Gasteiger partial charge >= 0.3 is 0 Å². The van der Waals surface area contributed by atoms with Crippen molar-refractivity contribution in [1.82, 2.24) is 19.4 Å². The molecule has 1 aliphatic heterocycles. The van der Waals surface area contributed by atoms with E-state index in [1.54, 1.807) is 0 Å². The number of hydrogen-bond acceptors (Lipinski definition) is 3. The van der Waals surface area contributed by atoms with Gasteiger partial charge in [-0.2, -0.15) is 5.26 Å². The van der Waals surface area contributed by atoms with Crippen LogP contribution in [-0.4, -0.2) is 38.4 Å². The van der Waals surface area contributed by atoms with E-state index in [0.29, 0.717) is 12.5 Å². The number of carbonyl (C=O) groups is 1. The number of nitrogens with zero attached hydrogens (tertiary/aromatic N) is 4. The summed E-state index contributed by atoms with van der Waals surface area (Å²) < 4.78 is 2.36. The Morgan fingerprint density at radius 1 is 1.52 bits per heavy atom. The van der Waals surface area contributed by atoms with Crippen molar-refractivity contribution < 1.29 is 4.79 Å². The number of nitrogens with one attached hydrogen (secondary N) is 1. The zero-order valence-electron chi connectivity index (χ0n) is 14.5. The number of fused-ring (bicyclic) bond motifs is 3. The second-order valence-corrected chi connectivity index (χ2v) is 6.97. The number of hydrogen-bond donors (Lipinski definition) is 1. The van der Waals surface area contributed by atoms with Crippen molar-refractivity contribution in [3.05, 3.63) is 30.2 Å². The first-order valence-electron chi connectivity index (χ1n) is 8.68. The number of nitriles is 1. The molecule has 1 N–H and O–H groups in total. The van der Waals surface area contributed by atoms with Crippen LogP contribution in [0.2, 0.25) is 0 Å². The fourth-order valence-corrected chi connectivity index (χ4v) is 4.07. The summed E-state index contributed by atoms with van der Waals surface area (Å²) in [4.78, 5) is 21.7. The molecule has 25 heavy (non-hydrogen) atoms. The van der Waals surface area contributed by atoms with Gasteiger partial charge in [0.1, 0.15) is 12.1 Å². The predicted octanol–water partition coefficient (Wildman–Crippen LogP) is 3.15. The van der Waals surface area contributed by atoms with E-state index < -0.39 is 0 Å². The highest BCUT2D eigenvalue weighted by Gasteiger charge is 2.31. The van der Waals surface area contributed by atoms with E-state index in [0.717, 1.165) is 29.4 Å². The quantitative estimate of drug-likeness (QED) is 0.781. The van der Waals surface area contributed by atoms with E-state index >= 15 is 0 Å². The van der Waals surface area contributed by atoms with Crippen molar-refractivity contribution in [3.63, 3.8) is 0 Å². The Morgan fingerprint density at radius 2 is 2.36 bits per heavy atom. The van der Waals surface area contributed by atoms with Gasteiger partial charge in [0.15, 0.2) is 0 Å². The van der Waals surface area contributed by atoms with Crippen molar-refractivity contribution in [2.75, 3.05) is 13.1 Å². The van der Waals surface area contributed by atoms with E-state index in [1.807, 2.05) is 23.4 Å². The Morgan fingerprint density at radius 3 is 3.16 bits per heavy atom. The second-order valence-electron chi connectivity index (χ2n) is 6.97. The van der Waals surface area contributed by atoms with Gasteiger partial charge in [-0.05, 0) is 31.4 Å². The van der Waals surface area contributed by atoms with Gasteiger partial charge in [-0.15, -0.1) is 0 Å². The minimum absolute atomic E-state index is 0.0432. The Hall–Kier alpha value is -2.81. The molecule has 0 radical (unpaired) electrons. The molecule has 128 valence electrons. The molecule has 0 bridgehead atoms. The standard InChI is InChI=1S/C19H21N5O/c1-12-5-8-23(17(25)3-6-20)11-16(12)24-13(2)9-14-10-22-19-15(18(14)24)4-7-21-19/h4,7,9-10,12,16H,3,5,8,11H2,1-2H3,(H,21,22). The number of piperidine rings is 1. The summed E-state index contributed by atoms with van der Waals surface area (Å²) in [6, 6.07) is 6.41. The number of aromatic amines is 1. The van der Waals surface area contributed by atoms with Crippen LogP contribution >= 0.6 is 0 Å². The Labute approximate surface area is 146 Å². The largest absolute Gasteiger partial charge is 0.346 e. The topological polar surface area (TPSA) is 77.7 Å². The van der Waals surface area contributed by atoms with E-state index in [-0.39, 0.29) is 18.4 Å². The molecule has 1 saturated heterocycles. The SMILES string of the molecule is Cc1cc2cnc3[nH]ccc3c2n1C1CN(C(=O)CC#N)CCC1C. The fraction of sp³-hybridized carbons (Fsp3) is 0.421. The lowest BCUT2D eigenvalue weighted by molar-refractivity contribution is -0.132. The van der Waals surface area contributed by atoms with Crippen molar-refractivity contribution in [2.45, 2.75) is 32.7 Å². The van der Waals surface area contributed by atoms with Crippen molar-refractivity contribution >= 4 is 27.8 Å².